The summed E-state index contributed by atoms with van der Waals surface area (Å²) in [5.74, 6) is -0.119. The Bertz CT molecular complexity index is 937. The van der Waals surface area contributed by atoms with Gasteiger partial charge in [0.1, 0.15) is 5.75 Å². The largest absolute Gasteiger partial charge is 0.506 e. The second kappa shape index (κ2) is 6.52. The smallest absolute Gasteiger partial charge is 0.337 e. The van der Waals surface area contributed by atoms with Crippen molar-refractivity contribution in [1.82, 2.24) is 5.32 Å². The van der Waals surface area contributed by atoms with Crippen LogP contribution in [-0.2, 0) is 11.8 Å². The quantitative estimate of drug-likeness (QED) is 0.603. The van der Waals surface area contributed by atoms with Crippen molar-refractivity contribution in [3.8, 4) is 5.75 Å². The number of hydrogen-bond acceptors (Lipinski definition) is 4. The van der Waals surface area contributed by atoms with Crippen LogP contribution in [0.15, 0.2) is 36.4 Å². The first-order valence-electron chi connectivity index (χ1n) is 10.3. The molecule has 5 nitrogen and oxygen atoms in total. The van der Waals surface area contributed by atoms with E-state index in [0.717, 1.165) is 19.4 Å². The van der Waals surface area contributed by atoms with Crippen molar-refractivity contribution in [2.45, 2.75) is 50.0 Å². The summed E-state index contributed by atoms with van der Waals surface area (Å²) in [5.41, 5.74) is 4.07. The molecule has 5 heteroatoms. The second-order valence-electron chi connectivity index (χ2n) is 8.53. The molecule has 0 amide bonds. The summed E-state index contributed by atoms with van der Waals surface area (Å²) in [6, 6.07) is 11.3. The standard InChI is InChI=1S/C23H26N2O3/c26-21-13-17-14(11-19-16-6-3-4-8-23(16,17)9-10-24-19)12-20(21)25-18-7-2-1-5-15(18)22(27)28/h1-2,5,7,12-13,16,19,24-26H,3-4,6,8-11H2,(H,27,28)/t16-,19+,23+/m1/s1. The third-order valence-corrected chi connectivity index (χ3v) is 7.19. The highest BCUT2D eigenvalue weighted by molar-refractivity contribution is 5.95. The van der Waals surface area contributed by atoms with Crippen LogP contribution in [-0.4, -0.2) is 28.8 Å². The molecule has 1 saturated carbocycles. The van der Waals surface area contributed by atoms with Crippen LogP contribution in [0.2, 0.25) is 0 Å². The lowest BCUT2D eigenvalue weighted by molar-refractivity contribution is 0.0698. The van der Waals surface area contributed by atoms with E-state index in [4.69, 9.17) is 0 Å². The number of aromatic hydroxyl groups is 1. The number of para-hydroxylation sites is 1. The van der Waals surface area contributed by atoms with Crippen LogP contribution in [0, 0.1) is 5.92 Å². The van der Waals surface area contributed by atoms with Crippen LogP contribution in [0.1, 0.15) is 53.6 Å². The molecule has 28 heavy (non-hydrogen) atoms. The van der Waals surface area contributed by atoms with Crippen molar-refractivity contribution >= 4 is 17.3 Å². The average molecular weight is 378 g/mol. The second-order valence-corrected chi connectivity index (χ2v) is 8.53. The summed E-state index contributed by atoms with van der Waals surface area (Å²) in [7, 11) is 0. The SMILES string of the molecule is O=C(O)c1ccccc1Nc1cc2c(cc1O)[C@]13CCCC[C@@H]1[C@H](C2)NCC3. The van der Waals surface area contributed by atoms with Gasteiger partial charge in [-0.05, 0) is 73.5 Å². The molecule has 5 rings (SSSR count). The van der Waals surface area contributed by atoms with E-state index >= 15 is 0 Å². The van der Waals surface area contributed by atoms with Gasteiger partial charge in [-0.1, -0.05) is 25.0 Å². The Hall–Kier alpha value is -2.53. The molecule has 1 heterocycles. The van der Waals surface area contributed by atoms with Gasteiger partial charge in [0.25, 0.3) is 0 Å². The number of hydrogen-bond donors (Lipinski definition) is 4. The maximum atomic E-state index is 11.5. The van der Waals surface area contributed by atoms with Crippen LogP contribution in [0.4, 0.5) is 11.4 Å². The lowest BCUT2D eigenvalue weighted by Crippen LogP contribution is -2.59. The zero-order chi connectivity index (χ0) is 19.3. The van der Waals surface area contributed by atoms with Crippen molar-refractivity contribution in [3.63, 3.8) is 0 Å². The number of phenols is 1. The van der Waals surface area contributed by atoms with E-state index in [0.29, 0.717) is 23.3 Å². The van der Waals surface area contributed by atoms with Crippen molar-refractivity contribution in [3.05, 3.63) is 53.1 Å². The van der Waals surface area contributed by atoms with Gasteiger partial charge in [0.05, 0.1) is 16.9 Å². The molecule has 3 atom stereocenters. The molecule has 0 spiro atoms. The number of carboxylic acid groups (broad SMARTS) is 1. The average Bonchev–Trinajstić information content (AvgIpc) is 2.70. The summed E-state index contributed by atoms with van der Waals surface area (Å²) in [6.07, 6.45) is 7.14. The minimum Gasteiger partial charge on any atom is -0.506 e. The molecule has 2 aromatic rings. The van der Waals surface area contributed by atoms with Gasteiger partial charge < -0.3 is 20.8 Å². The van der Waals surface area contributed by atoms with Crippen molar-refractivity contribution < 1.29 is 15.0 Å². The number of nitrogens with one attached hydrogen (secondary N) is 2. The molecule has 1 saturated heterocycles. The Morgan fingerprint density at radius 2 is 2.00 bits per heavy atom. The van der Waals surface area contributed by atoms with E-state index in [-0.39, 0.29) is 16.7 Å². The Labute approximate surface area is 164 Å². The van der Waals surface area contributed by atoms with Crippen LogP contribution >= 0.6 is 0 Å². The molecular formula is C23H26N2O3. The topological polar surface area (TPSA) is 81.6 Å². The lowest BCUT2D eigenvalue weighted by atomic mass is 9.53. The monoisotopic (exact) mass is 378 g/mol. The molecule has 2 aliphatic carbocycles. The summed E-state index contributed by atoms with van der Waals surface area (Å²) in [6.45, 7) is 1.05. The highest BCUT2D eigenvalue weighted by Gasteiger charge is 2.51. The molecule has 1 aliphatic heterocycles. The minimum absolute atomic E-state index is 0.191. The first kappa shape index (κ1) is 17.6. The first-order valence-corrected chi connectivity index (χ1v) is 10.3. The van der Waals surface area contributed by atoms with Gasteiger partial charge in [-0.15, -0.1) is 0 Å². The number of anilines is 2. The number of benzene rings is 2. The van der Waals surface area contributed by atoms with Crippen molar-refractivity contribution in [2.24, 2.45) is 5.92 Å². The first-order chi connectivity index (χ1) is 13.6. The number of phenolic OH excluding ortho intramolecular Hbond substituents is 1. The molecule has 2 bridgehead atoms. The zero-order valence-electron chi connectivity index (χ0n) is 15.9. The van der Waals surface area contributed by atoms with Gasteiger partial charge in [-0.25, -0.2) is 4.79 Å². The zero-order valence-corrected chi connectivity index (χ0v) is 15.9. The predicted molar refractivity (Wildman–Crippen MR) is 109 cm³/mol. The maximum Gasteiger partial charge on any atom is 0.337 e. The van der Waals surface area contributed by atoms with Crippen molar-refractivity contribution in [2.75, 3.05) is 11.9 Å². The fraction of sp³-hybridized carbons (Fsp3) is 0.435. The Balaban J connectivity index is 1.56. The molecule has 146 valence electrons. The number of fused-ring (bicyclic) bond motifs is 1. The van der Waals surface area contributed by atoms with E-state index in [1.54, 1.807) is 24.3 Å². The van der Waals surface area contributed by atoms with Crippen LogP contribution < -0.4 is 10.6 Å². The van der Waals surface area contributed by atoms with Gasteiger partial charge in [0.15, 0.2) is 0 Å². The number of aromatic carboxylic acids is 1. The van der Waals surface area contributed by atoms with Crippen LogP contribution in [0.3, 0.4) is 0 Å². The third-order valence-electron chi connectivity index (χ3n) is 7.19. The number of carboxylic acids is 1. The molecule has 0 radical (unpaired) electrons. The summed E-state index contributed by atoms with van der Waals surface area (Å²) < 4.78 is 0. The molecule has 4 N–H and O–H groups in total. The fourth-order valence-corrected chi connectivity index (χ4v) is 6.00. The van der Waals surface area contributed by atoms with Gasteiger partial charge in [-0.3, -0.25) is 0 Å². The third kappa shape index (κ3) is 2.60. The fourth-order valence-electron chi connectivity index (χ4n) is 6.00. The van der Waals surface area contributed by atoms with Crippen molar-refractivity contribution in [1.29, 1.82) is 0 Å². The molecule has 2 fully saturated rings. The van der Waals surface area contributed by atoms with Gasteiger partial charge in [-0.2, -0.15) is 0 Å². The van der Waals surface area contributed by atoms with E-state index in [1.807, 2.05) is 12.1 Å². The number of rotatable bonds is 3. The van der Waals surface area contributed by atoms with Crippen LogP contribution in [0.25, 0.3) is 0 Å². The highest BCUT2D eigenvalue weighted by Crippen LogP contribution is 2.55. The Morgan fingerprint density at radius 1 is 1.14 bits per heavy atom. The highest BCUT2D eigenvalue weighted by atomic mass is 16.4. The Kier molecular flexibility index (Phi) is 4.09. The normalized spacial score (nSPS) is 28.1. The minimum atomic E-state index is -0.983. The molecule has 0 unspecified atom stereocenters. The molecule has 0 aromatic heterocycles. The predicted octanol–water partition coefficient (Wildman–Crippen LogP) is 4.18. The van der Waals surface area contributed by atoms with Gasteiger partial charge >= 0.3 is 5.97 Å². The summed E-state index contributed by atoms with van der Waals surface area (Å²) in [5, 5.41) is 27.1. The molecule has 2 aromatic carbocycles. The molecule has 3 aliphatic rings. The van der Waals surface area contributed by atoms with Crippen LogP contribution in [0.5, 0.6) is 5.75 Å². The van der Waals surface area contributed by atoms with E-state index in [1.165, 1.54) is 36.8 Å². The van der Waals surface area contributed by atoms with Gasteiger partial charge in [0, 0.05) is 11.5 Å². The number of carbonyl (C=O) groups is 1. The van der Waals surface area contributed by atoms with E-state index < -0.39 is 5.97 Å². The molecular weight excluding hydrogens is 352 g/mol. The van der Waals surface area contributed by atoms with Gasteiger partial charge in [0.2, 0.25) is 0 Å². The number of piperidine rings is 1. The maximum absolute atomic E-state index is 11.5. The van der Waals surface area contributed by atoms with E-state index in [9.17, 15) is 15.0 Å². The Morgan fingerprint density at radius 3 is 2.86 bits per heavy atom. The van der Waals surface area contributed by atoms with E-state index in [2.05, 4.69) is 10.6 Å². The lowest BCUT2D eigenvalue weighted by Gasteiger charge is -2.56. The summed E-state index contributed by atoms with van der Waals surface area (Å²) in [4.78, 5) is 11.5. The summed E-state index contributed by atoms with van der Waals surface area (Å²) >= 11 is 0.